The summed E-state index contributed by atoms with van der Waals surface area (Å²) in [5, 5.41) is -0.158. The molecule has 0 aliphatic carbocycles. The molecule has 0 bridgehead atoms. The number of anilines is 1. The number of nitrogens with one attached hydrogen (secondary N) is 2. The summed E-state index contributed by atoms with van der Waals surface area (Å²) in [5.41, 5.74) is 9.77. The van der Waals surface area contributed by atoms with Crippen molar-refractivity contribution in [3.63, 3.8) is 0 Å². The van der Waals surface area contributed by atoms with Crippen LogP contribution in [0.3, 0.4) is 0 Å². The van der Waals surface area contributed by atoms with Crippen molar-refractivity contribution in [2.24, 2.45) is 0 Å². The maximum Gasteiger partial charge on any atom is 0.301 e. The lowest BCUT2D eigenvalue weighted by atomic mass is 9.76. The first-order valence-corrected chi connectivity index (χ1v) is 11.2. The molecule has 0 aromatic heterocycles. The number of carbonyl (C=O) groups is 2. The third-order valence-electron chi connectivity index (χ3n) is 6.03. The van der Waals surface area contributed by atoms with Gasteiger partial charge in [-0.1, -0.05) is 32.0 Å². The molecule has 0 fully saturated rings. The van der Waals surface area contributed by atoms with Crippen molar-refractivity contribution in [3.8, 4) is 11.5 Å². The molecule has 0 atom stereocenters. The van der Waals surface area contributed by atoms with Gasteiger partial charge < -0.3 is 14.4 Å². The van der Waals surface area contributed by atoms with E-state index >= 15 is 0 Å². The molecule has 168 valence electrons. The Labute approximate surface area is 192 Å². The first-order valence-electron chi connectivity index (χ1n) is 10.4. The molecule has 0 radical (unpaired) electrons. The normalized spacial score (nSPS) is 17.3. The fourth-order valence-corrected chi connectivity index (χ4v) is 4.87. The van der Waals surface area contributed by atoms with Crippen molar-refractivity contribution in [1.29, 1.82) is 0 Å². The summed E-state index contributed by atoms with van der Waals surface area (Å²) in [6.07, 6.45) is 0.833. The molecule has 2 aliphatic heterocycles. The summed E-state index contributed by atoms with van der Waals surface area (Å²) in [6, 6.07) is 11.3. The number of amides is 2. The number of nitrogens with zero attached hydrogens (tertiary/aromatic N) is 1. The van der Waals surface area contributed by atoms with Crippen LogP contribution in [-0.2, 0) is 5.41 Å². The largest absolute Gasteiger partial charge is 0.493 e. The van der Waals surface area contributed by atoms with Gasteiger partial charge in [-0.2, -0.15) is 0 Å². The third-order valence-corrected chi connectivity index (χ3v) is 6.83. The highest BCUT2D eigenvalue weighted by Gasteiger charge is 2.37. The van der Waals surface area contributed by atoms with Crippen molar-refractivity contribution < 1.29 is 19.1 Å². The number of benzene rings is 2. The standard InChI is InChI=1S/C24H27N3O4S/c1-14-20(25-26-23(29)32-14)16-7-6-8-17-21(16)27(12-11-24(17,2)3)22(28)15-9-10-18(30-4)19(13-15)31-5/h6-10,13,25H,11-12H2,1-5H3,(H,26,29). The Morgan fingerprint density at radius 1 is 1.09 bits per heavy atom. The number of rotatable bonds is 4. The minimum Gasteiger partial charge on any atom is -0.493 e. The maximum absolute atomic E-state index is 13.7. The fraction of sp³-hybridized carbons (Fsp3) is 0.333. The number of para-hydroxylation sites is 1. The molecule has 0 unspecified atom stereocenters. The van der Waals surface area contributed by atoms with Gasteiger partial charge in [-0.15, -0.1) is 0 Å². The van der Waals surface area contributed by atoms with Gasteiger partial charge in [-0.25, -0.2) is 0 Å². The number of fused-ring (bicyclic) bond motifs is 1. The van der Waals surface area contributed by atoms with Gasteiger partial charge in [0.05, 0.1) is 25.6 Å². The number of methoxy groups -OCH3 is 2. The van der Waals surface area contributed by atoms with Crippen LogP contribution in [0.25, 0.3) is 5.70 Å². The van der Waals surface area contributed by atoms with Crippen LogP contribution in [0.1, 0.15) is 48.7 Å². The summed E-state index contributed by atoms with van der Waals surface area (Å²) in [4.78, 5) is 28.2. The minimum atomic E-state index is -0.158. The van der Waals surface area contributed by atoms with E-state index in [-0.39, 0.29) is 16.6 Å². The lowest BCUT2D eigenvalue weighted by Gasteiger charge is -2.41. The van der Waals surface area contributed by atoms with Crippen LogP contribution >= 0.6 is 11.8 Å². The van der Waals surface area contributed by atoms with Gasteiger partial charge in [-0.05, 0) is 54.3 Å². The van der Waals surface area contributed by atoms with E-state index in [4.69, 9.17) is 9.47 Å². The van der Waals surface area contributed by atoms with E-state index in [0.717, 1.165) is 45.6 Å². The van der Waals surface area contributed by atoms with Crippen LogP contribution in [0, 0.1) is 0 Å². The SMILES string of the molecule is COc1ccc(C(=O)N2CCC(C)(C)c3cccc(C4=C(C)SC(=O)NN4)c32)cc1OC. The van der Waals surface area contributed by atoms with Crippen LogP contribution < -0.4 is 25.2 Å². The van der Waals surface area contributed by atoms with Gasteiger partial charge >= 0.3 is 5.24 Å². The highest BCUT2D eigenvalue weighted by molar-refractivity contribution is 8.17. The van der Waals surface area contributed by atoms with Crippen molar-refractivity contribution in [1.82, 2.24) is 10.9 Å². The number of hydrazine groups is 1. The smallest absolute Gasteiger partial charge is 0.301 e. The van der Waals surface area contributed by atoms with E-state index < -0.39 is 0 Å². The van der Waals surface area contributed by atoms with E-state index in [9.17, 15) is 9.59 Å². The summed E-state index contributed by atoms with van der Waals surface area (Å²) in [5.74, 6) is 0.974. The second-order valence-electron chi connectivity index (χ2n) is 8.43. The van der Waals surface area contributed by atoms with Gasteiger partial charge in [0.2, 0.25) is 0 Å². The summed E-state index contributed by atoms with van der Waals surface area (Å²) < 4.78 is 10.7. The lowest BCUT2D eigenvalue weighted by molar-refractivity contribution is 0.0982. The zero-order valence-corrected chi connectivity index (χ0v) is 19.7. The summed E-state index contributed by atoms with van der Waals surface area (Å²) >= 11 is 1.14. The van der Waals surface area contributed by atoms with Crippen molar-refractivity contribution in [3.05, 3.63) is 58.0 Å². The molecule has 2 N–H and O–H groups in total. The molecule has 8 heteroatoms. The Hall–Kier alpha value is -3.13. The summed E-state index contributed by atoms with van der Waals surface area (Å²) in [7, 11) is 3.12. The van der Waals surface area contributed by atoms with E-state index in [0.29, 0.717) is 23.6 Å². The second-order valence-corrected chi connectivity index (χ2v) is 9.62. The van der Waals surface area contributed by atoms with Gasteiger partial charge in [0, 0.05) is 22.6 Å². The molecule has 2 aliphatic rings. The van der Waals surface area contributed by atoms with Gasteiger partial charge in [0.25, 0.3) is 5.91 Å². The monoisotopic (exact) mass is 453 g/mol. The van der Waals surface area contributed by atoms with E-state index in [2.05, 4.69) is 30.8 Å². The third kappa shape index (κ3) is 3.79. The molecule has 32 heavy (non-hydrogen) atoms. The topological polar surface area (TPSA) is 79.9 Å². The predicted molar refractivity (Wildman–Crippen MR) is 127 cm³/mol. The fourth-order valence-electron chi connectivity index (χ4n) is 4.22. The molecular weight excluding hydrogens is 426 g/mol. The predicted octanol–water partition coefficient (Wildman–Crippen LogP) is 4.68. The number of hydrogen-bond donors (Lipinski definition) is 2. The van der Waals surface area contributed by atoms with E-state index in [1.165, 1.54) is 0 Å². The maximum atomic E-state index is 13.7. The number of ether oxygens (including phenoxy) is 2. The van der Waals surface area contributed by atoms with Crippen LogP contribution in [0.4, 0.5) is 10.5 Å². The number of thioether (sulfide) groups is 1. The van der Waals surface area contributed by atoms with Crippen LogP contribution in [0.15, 0.2) is 41.3 Å². The number of carbonyl (C=O) groups excluding carboxylic acids is 2. The van der Waals surface area contributed by atoms with Crippen LogP contribution in [-0.4, -0.2) is 31.9 Å². The Balaban J connectivity index is 1.85. The lowest BCUT2D eigenvalue weighted by Crippen LogP contribution is -2.43. The molecule has 0 saturated carbocycles. The van der Waals surface area contributed by atoms with Gasteiger partial charge in [-0.3, -0.25) is 20.4 Å². The average molecular weight is 454 g/mol. The molecule has 2 aromatic rings. The first kappa shape index (κ1) is 22.1. The Bertz CT molecular complexity index is 1130. The molecule has 7 nitrogen and oxygen atoms in total. The van der Waals surface area contributed by atoms with Crippen LogP contribution in [0.5, 0.6) is 11.5 Å². The van der Waals surface area contributed by atoms with Crippen LogP contribution in [0.2, 0.25) is 0 Å². The molecule has 2 aromatic carbocycles. The molecule has 0 saturated heterocycles. The first-order chi connectivity index (χ1) is 15.3. The number of allylic oxidation sites excluding steroid dienone is 1. The molecule has 0 spiro atoms. The van der Waals surface area contributed by atoms with Crippen molar-refractivity contribution in [2.45, 2.75) is 32.6 Å². The minimum absolute atomic E-state index is 0.0980. The van der Waals surface area contributed by atoms with E-state index in [1.807, 2.05) is 24.0 Å². The average Bonchev–Trinajstić information content (AvgIpc) is 2.78. The zero-order chi connectivity index (χ0) is 23.0. The molecular formula is C24H27N3O4S. The molecule has 2 heterocycles. The van der Waals surface area contributed by atoms with Gasteiger partial charge in [0.1, 0.15) is 0 Å². The van der Waals surface area contributed by atoms with Crippen molar-refractivity contribution in [2.75, 3.05) is 25.7 Å². The highest BCUT2D eigenvalue weighted by atomic mass is 32.2. The zero-order valence-electron chi connectivity index (χ0n) is 18.9. The molecule has 4 rings (SSSR count). The Morgan fingerprint density at radius 3 is 2.53 bits per heavy atom. The highest BCUT2D eigenvalue weighted by Crippen LogP contribution is 2.45. The quantitative estimate of drug-likeness (QED) is 0.700. The Kier molecular flexibility index (Phi) is 5.81. The second kappa shape index (κ2) is 8.43. The summed E-state index contributed by atoms with van der Waals surface area (Å²) in [6.45, 7) is 6.87. The van der Waals surface area contributed by atoms with Gasteiger partial charge in [0.15, 0.2) is 11.5 Å². The Morgan fingerprint density at radius 2 is 1.84 bits per heavy atom. The molecule has 2 amide bonds. The number of hydrogen-bond acceptors (Lipinski definition) is 6. The van der Waals surface area contributed by atoms with E-state index in [1.54, 1.807) is 32.4 Å². The van der Waals surface area contributed by atoms with Crippen molar-refractivity contribution >= 4 is 34.3 Å².